The third-order valence-corrected chi connectivity index (χ3v) is 2.26. The summed E-state index contributed by atoms with van der Waals surface area (Å²) in [6.45, 7) is 7.17. The number of hydrogen-bond donors (Lipinski definition) is 0. The lowest BCUT2D eigenvalue weighted by Gasteiger charge is -2.07. The zero-order valence-corrected chi connectivity index (χ0v) is 9.92. The van der Waals surface area contributed by atoms with E-state index in [1.165, 1.54) is 11.1 Å². The van der Waals surface area contributed by atoms with Crippen molar-refractivity contribution in [3.05, 3.63) is 35.4 Å². The van der Waals surface area contributed by atoms with Gasteiger partial charge in [0.05, 0.1) is 6.61 Å². The van der Waals surface area contributed by atoms with Crippen LogP contribution in [0.3, 0.4) is 0 Å². The number of hydrogen-bond acceptors (Lipinski definition) is 1. The molecule has 82 valence electrons. The molecule has 0 N–H and O–H groups in total. The highest BCUT2D eigenvalue weighted by Gasteiger charge is 1.97. The third-order valence-electron chi connectivity index (χ3n) is 2.26. The van der Waals surface area contributed by atoms with E-state index in [1.807, 2.05) is 6.07 Å². The fourth-order valence-electron chi connectivity index (χ4n) is 1.35. The van der Waals surface area contributed by atoms with Gasteiger partial charge in [0.15, 0.2) is 0 Å². The Bertz CT molecular complexity index is 326. The molecular formula is C14H20O. The van der Waals surface area contributed by atoms with Gasteiger partial charge in [-0.1, -0.05) is 32.1 Å². The van der Waals surface area contributed by atoms with Crippen LogP contribution in [-0.4, -0.2) is 6.61 Å². The summed E-state index contributed by atoms with van der Waals surface area (Å²) in [5.41, 5.74) is 2.55. The van der Waals surface area contributed by atoms with Crippen LogP contribution in [0.2, 0.25) is 0 Å². The van der Waals surface area contributed by atoms with Crippen molar-refractivity contribution in [1.82, 2.24) is 0 Å². The van der Waals surface area contributed by atoms with Crippen LogP contribution >= 0.6 is 0 Å². The first-order valence-corrected chi connectivity index (χ1v) is 5.68. The molecule has 0 aliphatic carbocycles. The van der Waals surface area contributed by atoms with Crippen molar-refractivity contribution in [2.24, 2.45) is 0 Å². The molecule has 0 aliphatic rings. The van der Waals surface area contributed by atoms with Gasteiger partial charge in [-0.3, -0.25) is 0 Å². The Kier molecular flexibility index (Phi) is 4.96. The van der Waals surface area contributed by atoms with E-state index in [4.69, 9.17) is 4.74 Å². The Labute approximate surface area is 92.8 Å². The maximum Gasteiger partial charge on any atom is 0.119 e. The topological polar surface area (TPSA) is 9.23 Å². The van der Waals surface area contributed by atoms with Gasteiger partial charge in [0, 0.05) is 0 Å². The van der Waals surface area contributed by atoms with Gasteiger partial charge in [-0.2, -0.15) is 0 Å². The first-order chi connectivity index (χ1) is 7.27. The molecule has 0 fully saturated rings. The predicted octanol–water partition coefficient (Wildman–Crippen LogP) is 4.21. The molecular weight excluding hydrogens is 184 g/mol. The summed E-state index contributed by atoms with van der Waals surface area (Å²) < 4.78 is 5.60. The Morgan fingerprint density at radius 3 is 2.73 bits per heavy atom. The summed E-state index contributed by atoms with van der Waals surface area (Å²) in [5.74, 6) is 0.971. The molecule has 1 aromatic rings. The van der Waals surface area contributed by atoms with Crippen molar-refractivity contribution in [1.29, 1.82) is 0 Å². The minimum Gasteiger partial charge on any atom is -0.494 e. The molecule has 0 unspecified atom stereocenters. The summed E-state index contributed by atoms with van der Waals surface area (Å²) >= 11 is 0. The first-order valence-electron chi connectivity index (χ1n) is 5.68. The van der Waals surface area contributed by atoms with Crippen molar-refractivity contribution < 1.29 is 4.74 Å². The van der Waals surface area contributed by atoms with Crippen LogP contribution in [-0.2, 0) is 0 Å². The molecule has 1 nitrogen and oxygen atoms in total. The standard InChI is InChI=1S/C14H20O/c1-4-6-7-13-11-14(15-10-5-2)9-8-12(13)3/h6-9,11H,4-5,10H2,1-3H3/b7-6-. The van der Waals surface area contributed by atoms with E-state index in [9.17, 15) is 0 Å². The monoisotopic (exact) mass is 204 g/mol. The largest absolute Gasteiger partial charge is 0.494 e. The highest BCUT2D eigenvalue weighted by Crippen LogP contribution is 2.19. The number of aryl methyl sites for hydroxylation is 1. The molecule has 1 heteroatoms. The Balaban J connectivity index is 2.80. The molecule has 0 saturated carbocycles. The van der Waals surface area contributed by atoms with Gasteiger partial charge >= 0.3 is 0 Å². The molecule has 1 rings (SSSR count). The molecule has 0 heterocycles. The van der Waals surface area contributed by atoms with E-state index < -0.39 is 0 Å². The second kappa shape index (κ2) is 6.28. The van der Waals surface area contributed by atoms with Crippen LogP contribution in [0.25, 0.3) is 6.08 Å². The molecule has 0 spiro atoms. The minimum atomic E-state index is 0.792. The average molecular weight is 204 g/mol. The maximum atomic E-state index is 5.60. The third kappa shape index (κ3) is 3.78. The van der Waals surface area contributed by atoms with Crippen LogP contribution in [0.5, 0.6) is 5.75 Å². The molecule has 0 aliphatic heterocycles. The van der Waals surface area contributed by atoms with E-state index in [2.05, 4.69) is 45.1 Å². The lowest BCUT2D eigenvalue weighted by molar-refractivity contribution is 0.317. The normalized spacial score (nSPS) is 10.9. The van der Waals surface area contributed by atoms with E-state index >= 15 is 0 Å². The fraction of sp³-hybridized carbons (Fsp3) is 0.429. The van der Waals surface area contributed by atoms with Crippen LogP contribution in [0, 0.1) is 6.92 Å². The van der Waals surface area contributed by atoms with E-state index in [0.29, 0.717) is 0 Å². The minimum absolute atomic E-state index is 0.792. The Morgan fingerprint density at radius 2 is 2.07 bits per heavy atom. The van der Waals surface area contributed by atoms with Crippen molar-refractivity contribution in [3.8, 4) is 5.75 Å². The summed E-state index contributed by atoms with van der Waals surface area (Å²) in [5, 5.41) is 0. The van der Waals surface area contributed by atoms with Crippen molar-refractivity contribution >= 4 is 6.08 Å². The summed E-state index contributed by atoms with van der Waals surface area (Å²) in [6.07, 6.45) is 6.45. The summed E-state index contributed by atoms with van der Waals surface area (Å²) in [4.78, 5) is 0. The fourth-order valence-corrected chi connectivity index (χ4v) is 1.35. The summed E-state index contributed by atoms with van der Waals surface area (Å²) in [6, 6.07) is 6.26. The van der Waals surface area contributed by atoms with Gasteiger partial charge in [-0.25, -0.2) is 0 Å². The van der Waals surface area contributed by atoms with Crippen LogP contribution in [0.15, 0.2) is 24.3 Å². The van der Waals surface area contributed by atoms with Gasteiger partial charge in [0.1, 0.15) is 5.75 Å². The second-order valence-corrected chi connectivity index (χ2v) is 3.68. The molecule has 0 amide bonds. The Hall–Kier alpha value is -1.24. The molecule has 0 aromatic heterocycles. The van der Waals surface area contributed by atoms with E-state index in [0.717, 1.165) is 25.2 Å². The summed E-state index contributed by atoms with van der Waals surface area (Å²) in [7, 11) is 0. The number of allylic oxidation sites excluding steroid dienone is 1. The van der Waals surface area contributed by atoms with Crippen molar-refractivity contribution in [2.75, 3.05) is 6.61 Å². The van der Waals surface area contributed by atoms with Crippen molar-refractivity contribution in [2.45, 2.75) is 33.6 Å². The van der Waals surface area contributed by atoms with Gasteiger partial charge in [0.25, 0.3) is 0 Å². The number of rotatable bonds is 5. The van der Waals surface area contributed by atoms with Gasteiger partial charge < -0.3 is 4.74 Å². The molecule has 0 radical (unpaired) electrons. The highest BCUT2D eigenvalue weighted by atomic mass is 16.5. The van der Waals surface area contributed by atoms with Gasteiger partial charge in [-0.05, 0) is 43.0 Å². The smallest absolute Gasteiger partial charge is 0.119 e. The second-order valence-electron chi connectivity index (χ2n) is 3.68. The lowest BCUT2D eigenvalue weighted by atomic mass is 10.1. The molecule has 0 bridgehead atoms. The zero-order valence-electron chi connectivity index (χ0n) is 9.92. The van der Waals surface area contributed by atoms with Gasteiger partial charge in [0.2, 0.25) is 0 Å². The molecule has 15 heavy (non-hydrogen) atoms. The zero-order chi connectivity index (χ0) is 11.1. The van der Waals surface area contributed by atoms with E-state index in [-0.39, 0.29) is 0 Å². The SMILES string of the molecule is CC/C=C\c1cc(OCCC)ccc1C. The van der Waals surface area contributed by atoms with Crippen molar-refractivity contribution in [3.63, 3.8) is 0 Å². The number of ether oxygens (including phenoxy) is 1. The van der Waals surface area contributed by atoms with Crippen LogP contribution < -0.4 is 4.74 Å². The highest BCUT2D eigenvalue weighted by molar-refractivity contribution is 5.55. The maximum absolute atomic E-state index is 5.60. The van der Waals surface area contributed by atoms with Crippen LogP contribution in [0.4, 0.5) is 0 Å². The van der Waals surface area contributed by atoms with E-state index in [1.54, 1.807) is 0 Å². The van der Waals surface area contributed by atoms with Crippen LogP contribution in [0.1, 0.15) is 37.8 Å². The molecule has 1 aromatic carbocycles. The number of benzene rings is 1. The average Bonchev–Trinajstić information content (AvgIpc) is 2.26. The van der Waals surface area contributed by atoms with Gasteiger partial charge in [-0.15, -0.1) is 0 Å². The quantitative estimate of drug-likeness (QED) is 0.698. The molecule has 0 atom stereocenters. The first kappa shape index (κ1) is 11.8. The molecule has 0 saturated heterocycles. The predicted molar refractivity (Wildman–Crippen MR) is 66.3 cm³/mol. The Morgan fingerprint density at radius 1 is 1.27 bits per heavy atom. The lowest BCUT2D eigenvalue weighted by Crippen LogP contribution is -1.95.